The van der Waals surface area contributed by atoms with Gasteiger partial charge in [0, 0.05) is 50.0 Å². The molecule has 1 amide bonds. The second-order valence-corrected chi connectivity index (χ2v) is 7.97. The number of hydrogen-bond donors (Lipinski definition) is 0. The molecule has 138 valence electrons. The molecular weight excluding hydrogens is 318 g/mol. The summed E-state index contributed by atoms with van der Waals surface area (Å²) in [5.74, 6) is 1.73. The van der Waals surface area contributed by atoms with Crippen LogP contribution < -0.4 is 0 Å². The summed E-state index contributed by atoms with van der Waals surface area (Å²) in [5.41, 5.74) is 0.692. The topological polar surface area (TPSA) is 64.5 Å². The molecule has 0 bridgehead atoms. The van der Waals surface area contributed by atoms with Gasteiger partial charge in [-0.25, -0.2) is 14.8 Å². The quantitative estimate of drug-likeness (QED) is 0.819. The number of aromatic nitrogens is 2. The molecule has 1 aromatic rings. The third kappa shape index (κ3) is 4.91. The summed E-state index contributed by atoms with van der Waals surface area (Å²) in [4.78, 5) is 23.3. The van der Waals surface area contributed by atoms with E-state index in [2.05, 4.69) is 4.98 Å². The van der Waals surface area contributed by atoms with Gasteiger partial charge in [0.15, 0.2) is 0 Å². The normalized spacial score (nSPS) is 20.5. The van der Waals surface area contributed by atoms with Gasteiger partial charge in [-0.05, 0) is 52.5 Å². The van der Waals surface area contributed by atoms with Crippen molar-refractivity contribution in [2.45, 2.75) is 63.9 Å². The fourth-order valence-electron chi connectivity index (χ4n) is 3.45. The molecule has 0 unspecified atom stereocenters. The molecule has 0 spiro atoms. The first-order valence-electron chi connectivity index (χ1n) is 9.31. The lowest BCUT2D eigenvalue weighted by Crippen LogP contribution is -2.41. The third-order valence-corrected chi connectivity index (χ3v) is 4.85. The highest BCUT2D eigenvalue weighted by Gasteiger charge is 2.29. The second kappa shape index (κ2) is 7.68. The minimum atomic E-state index is -0.449. The number of carbonyl (C=O) groups is 1. The largest absolute Gasteiger partial charge is 0.444 e. The number of piperidine rings is 1. The Morgan fingerprint density at radius 2 is 1.84 bits per heavy atom. The summed E-state index contributed by atoms with van der Waals surface area (Å²) in [6.07, 6.45) is 5.50. The predicted octanol–water partition coefficient (Wildman–Crippen LogP) is 3.49. The molecule has 2 saturated heterocycles. The Hall–Kier alpha value is -1.69. The predicted molar refractivity (Wildman–Crippen MR) is 94.6 cm³/mol. The van der Waals surface area contributed by atoms with E-state index in [0.29, 0.717) is 24.9 Å². The second-order valence-electron chi connectivity index (χ2n) is 7.97. The summed E-state index contributed by atoms with van der Waals surface area (Å²) in [6.45, 7) is 8.72. The minimum absolute atomic E-state index is 0.220. The van der Waals surface area contributed by atoms with Crippen molar-refractivity contribution in [3.63, 3.8) is 0 Å². The van der Waals surface area contributed by atoms with Crippen molar-refractivity contribution >= 4 is 6.09 Å². The Bertz CT molecular complexity index is 586. The lowest BCUT2D eigenvalue weighted by Gasteiger charge is -2.33. The van der Waals surface area contributed by atoms with E-state index in [9.17, 15) is 4.79 Å². The summed E-state index contributed by atoms with van der Waals surface area (Å²) in [7, 11) is 0. The fraction of sp³-hybridized carbons (Fsp3) is 0.737. The van der Waals surface area contributed by atoms with Gasteiger partial charge in [0.25, 0.3) is 0 Å². The van der Waals surface area contributed by atoms with E-state index in [1.807, 2.05) is 33.0 Å². The average molecular weight is 347 g/mol. The van der Waals surface area contributed by atoms with E-state index in [4.69, 9.17) is 14.5 Å². The molecule has 2 aliphatic rings. The van der Waals surface area contributed by atoms with E-state index in [1.165, 1.54) is 0 Å². The molecule has 0 atom stereocenters. The standard InChI is InChI=1S/C19H29N3O3/c1-19(2,3)25-18(23)22-10-5-15(6-11-22)17-20-9-4-16(21-17)14-7-12-24-13-8-14/h4,9,14-15H,5-8,10-13H2,1-3H3. The van der Waals surface area contributed by atoms with Gasteiger partial charge in [-0.3, -0.25) is 0 Å². The average Bonchev–Trinajstić information content (AvgIpc) is 2.61. The maximum Gasteiger partial charge on any atom is 0.410 e. The zero-order chi connectivity index (χ0) is 17.9. The first-order valence-corrected chi connectivity index (χ1v) is 9.31. The van der Waals surface area contributed by atoms with Crippen molar-refractivity contribution in [3.8, 4) is 0 Å². The van der Waals surface area contributed by atoms with Gasteiger partial charge < -0.3 is 14.4 Å². The van der Waals surface area contributed by atoms with Gasteiger partial charge in [-0.15, -0.1) is 0 Å². The van der Waals surface area contributed by atoms with Crippen molar-refractivity contribution in [1.82, 2.24) is 14.9 Å². The Morgan fingerprint density at radius 3 is 2.48 bits per heavy atom. The highest BCUT2D eigenvalue weighted by Crippen LogP contribution is 2.29. The molecule has 6 nitrogen and oxygen atoms in total. The van der Waals surface area contributed by atoms with Crippen LogP contribution >= 0.6 is 0 Å². The Labute approximate surface area is 149 Å². The number of ether oxygens (including phenoxy) is 2. The molecule has 0 N–H and O–H groups in total. The highest BCUT2D eigenvalue weighted by molar-refractivity contribution is 5.68. The lowest BCUT2D eigenvalue weighted by atomic mass is 9.94. The Kier molecular flexibility index (Phi) is 5.57. The number of rotatable bonds is 2. The van der Waals surface area contributed by atoms with Crippen LogP contribution in [0.1, 0.15) is 69.8 Å². The zero-order valence-corrected chi connectivity index (χ0v) is 15.5. The van der Waals surface area contributed by atoms with E-state index in [-0.39, 0.29) is 6.09 Å². The lowest BCUT2D eigenvalue weighted by molar-refractivity contribution is 0.0203. The van der Waals surface area contributed by atoms with Crippen molar-refractivity contribution in [2.75, 3.05) is 26.3 Å². The van der Waals surface area contributed by atoms with Crippen LogP contribution in [-0.2, 0) is 9.47 Å². The first kappa shape index (κ1) is 18.1. The van der Waals surface area contributed by atoms with Crippen LogP contribution in [0.3, 0.4) is 0 Å². The molecule has 0 aromatic carbocycles. The van der Waals surface area contributed by atoms with Crippen LogP contribution in [0, 0.1) is 0 Å². The molecular formula is C19H29N3O3. The Balaban J connectivity index is 1.58. The zero-order valence-electron chi connectivity index (χ0n) is 15.5. The molecule has 0 aliphatic carbocycles. The summed E-state index contributed by atoms with van der Waals surface area (Å²) < 4.78 is 10.9. The molecule has 2 aliphatic heterocycles. The minimum Gasteiger partial charge on any atom is -0.444 e. The molecule has 2 fully saturated rings. The van der Waals surface area contributed by atoms with E-state index in [1.54, 1.807) is 4.90 Å². The van der Waals surface area contributed by atoms with Gasteiger partial charge in [0.2, 0.25) is 0 Å². The summed E-state index contributed by atoms with van der Waals surface area (Å²) in [5, 5.41) is 0. The maximum atomic E-state index is 12.2. The van der Waals surface area contributed by atoms with Gasteiger partial charge in [-0.2, -0.15) is 0 Å². The van der Waals surface area contributed by atoms with Crippen LogP contribution in [0.4, 0.5) is 4.79 Å². The van der Waals surface area contributed by atoms with E-state index < -0.39 is 5.60 Å². The van der Waals surface area contributed by atoms with Gasteiger partial charge in [0.05, 0.1) is 0 Å². The number of nitrogens with zero attached hydrogens (tertiary/aromatic N) is 3. The highest BCUT2D eigenvalue weighted by atomic mass is 16.6. The van der Waals surface area contributed by atoms with Gasteiger partial charge >= 0.3 is 6.09 Å². The number of carbonyl (C=O) groups excluding carboxylic acids is 1. The monoisotopic (exact) mass is 347 g/mol. The number of likely N-dealkylation sites (tertiary alicyclic amines) is 1. The van der Waals surface area contributed by atoms with E-state index in [0.717, 1.165) is 50.4 Å². The van der Waals surface area contributed by atoms with E-state index >= 15 is 0 Å². The number of hydrogen-bond acceptors (Lipinski definition) is 5. The maximum absolute atomic E-state index is 12.2. The molecule has 6 heteroatoms. The summed E-state index contributed by atoms with van der Waals surface area (Å²) in [6, 6.07) is 2.04. The van der Waals surface area contributed by atoms with Crippen molar-refractivity contribution in [3.05, 3.63) is 23.8 Å². The molecule has 0 radical (unpaired) electrons. The van der Waals surface area contributed by atoms with Crippen molar-refractivity contribution < 1.29 is 14.3 Å². The molecule has 3 rings (SSSR count). The smallest absolute Gasteiger partial charge is 0.410 e. The van der Waals surface area contributed by atoms with Gasteiger partial charge in [0.1, 0.15) is 11.4 Å². The van der Waals surface area contributed by atoms with Crippen LogP contribution in [-0.4, -0.2) is 52.9 Å². The van der Waals surface area contributed by atoms with Crippen LogP contribution in [0.5, 0.6) is 0 Å². The molecule has 0 saturated carbocycles. The SMILES string of the molecule is CC(C)(C)OC(=O)N1CCC(c2nccc(C3CCOCC3)n2)CC1. The van der Waals surface area contributed by atoms with Crippen molar-refractivity contribution in [2.24, 2.45) is 0 Å². The summed E-state index contributed by atoms with van der Waals surface area (Å²) >= 11 is 0. The van der Waals surface area contributed by atoms with Crippen LogP contribution in [0.15, 0.2) is 12.3 Å². The molecule has 25 heavy (non-hydrogen) atoms. The third-order valence-electron chi connectivity index (χ3n) is 4.85. The first-order chi connectivity index (χ1) is 11.9. The van der Waals surface area contributed by atoms with Crippen molar-refractivity contribution in [1.29, 1.82) is 0 Å². The van der Waals surface area contributed by atoms with Gasteiger partial charge in [-0.1, -0.05) is 0 Å². The molecule has 3 heterocycles. The fourth-order valence-corrected chi connectivity index (χ4v) is 3.45. The van der Waals surface area contributed by atoms with Crippen LogP contribution in [0.2, 0.25) is 0 Å². The Morgan fingerprint density at radius 1 is 1.16 bits per heavy atom. The number of amides is 1. The van der Waals surface area contributed by atoms with Crippen LogP contribution in [0.25, 0.3) is 0 Å². The molecule has 1 aromatic heterocycles.